The lowest BCUT2D eigenvalue weighted by molar-refractivity contribution is -0.121. The molecule has 0 aliphatic carbocycles. The molecule has 1 saturated heterocycles. The highest BCUT2D eigenvalue weighted by Crippen LogP contribution is 2.33. The Hall–Kier alpha value is -4.50. The van der Waals surface area contributed by atoms with Crippen molar-refractivity contribution in [1.82, 2.24) is 0 Å². The Bertz CT molecular complexity index is 1450. The van der Waals surface area contributed by atoms with Crippen molar-refractivity contribution in [3.63, 3.8) is 0 Å². The third-order valence-corrected chi connectivity index (χ3v) is 6.33. The molecule has 2 N–H and O–H groups in total. The zero-order chi connectivity index (χ0) is 27.4. The molecule has 38 heavy (non-hydrogen) atoms. The van der Waals surface area contributed by atoms with Crippen molar-refractivity contribution >= 4 is 52.5 Å². The van der Waals surface area contributed by atoms with Crippen LogP contribution in [-0.4, -0.2) is 36.0 Å². The third-order valence-electron chi connectivity index (χ3n) is 5.96. The molecule has 0 atom stereocenters. The fourth-order valence-electron chi connectivity index (χ4n) is 3.94. The molecule has 1 aliphatic heterocycles. The second-order valence-corrected chi connectivity index (χ2v) is 8.99. The Labute approximate surface area is 226 Å². The first-order chi connectivity index (χ1) is 18.2. The predicted octanol–water partition coefficient (Wildman–Crippen LogP) is 4.31. The molecule has 0 bridgehead atoms. The predicted molar refractivity (Wildman–Crippen MR) is 150 cm³/mol. The molecule has 9 heteroatoms. The molecule has 0 saturated carbocycles. The summed E-state index contributed by atoms with van der Waals surface area (Å²) < 4.78 is 11.1. The van der Waals surface area contributed by atoms with E-state index < -0.39 is 17.7 Å². The number of carbonyl (C=O) groups is 3. The van der Waals surface area contributed by atoms with Gasteiger partial charge in [0.25, 0.3) is 17.7 Å². The van der Waals surface area contributed by atoms with Crippen molar-refractivity contribution in [2.45, 2.75) is 20.8 Å². The maximum Gasteiger partial charge on any atom is 0.270 e. The molecule has 1 heterocycles. The van der Waals surface area contributed by atoms with E-state index in [1.165, 1.54) is 15.9 Å². The Morgan fingerprint density at radius 3 is 2.18 bits per heavy atom. The van der Waals surface area contributed by atoms with E-state index in [1.54, 1.807) is 55.5 Å². The number of nitrogens with two attached hydrogens (primary N) is 1. The third kappa shape index (κ3) is 5.42. The molecule has 0 spiro atoms. The van der Waals surface area contributed by atoms with Crippen LogP contribution in [0, 0.1) is 13.8 Å². The zero-order valence-electron chi connectivity index (χ0n) is 21.3. The van der Waals surface area contributed by atoms with Crippen molar-refractivity contribution < 1.29 is 23.9 Å². The van der Waals surface area contributed by atoms with Crippen LogP contribution in [0.1, 0.15) is 23.6 Å². The Morgan fingerprint density at radius 1 is 0.868 bits per heavy atom. The number of benzene rings is 3. The zero-order valence-corrected chi connectivity index (χ0v) is 22.1. The van der Waals surface area contributed by atoms with Crippen molar-refractivity contribution in [1.29, 1.82) is 0 Å². The molecule has 3 amide bonds. The molecule has 194 valence electrons. The van der Waals surface area contributed by atoms with Crippen LogP contribution in [-0.2, 0) is 14.4 Å². The maximum atomic E-state index is 13.8. The number of ether oxygens (including phenoxy) is 2. The van der Waals surface area contributed by atoms with Gasteiger partial charge in [-0.3, -0.25) is 24.2 Å². The van der Waals surface area contributed by atoms with E-state index in [-0.39, 0.29) is 17.3 Å². The van der Waals surface area contributed by atoms with E-state index in [1.807, 2.05) is 32.0 Å². The molecule has 0 unspecified atom stereocenters. The first-order valence-electron chi connectivity index (χ1n) is 12.0. The topological polar surface area (TPSA) is 102 Å². The van der Waals surface area contributed by atoms with Gasteiger partial charge in [-0.1, -0.05) is 30.3 Å². The Kier molecular flexibility index (Phi) is 7.87. The summed E-state index contributed by atoms with van der Waals surface area (Å²) in [5.41, 5.74) is 8.80. The minimum atomic E-state index is -0.625. The van der Waals surface area contributed by atoms with Gasteiger partial charge in [-0.2, -0.15) is 0 Å². The number of primary amides is 1. The lowest BCUT2D eigenvalue weighted by Gasteiger charge is -2.36. The lowest BCUT2D eigenvalue weighted by atomic mass is 10.0. The van der Waals surface area contributed by atoms with Gasteiger partial charge >= 0.3 is 0 Å². The summed E-state index contributed by atoms with van der Waals surface area (Å²) in [5, 5.41) is 0.0665. The number of anilines is 2. The SMILES string of the molecule is CCOc1cc(/C=C2\C(=O)N(c3ccccc3)C(=S)N(c3ccc(C)c(C)c3)C2=O)ccc1OCC(N)=O. The summed E-state index contributed by atoms with van der Waals surface area (Å²) in [7, 11) is 0. The van der Waals surface area contributed by atoms with E-state index in [2.05, 4.69) is 0 Å². The fourth-order valence-corrected chi connectivity index (χ4v) is 4.32. The van der Waals surface area contributed by atoms with Crippen LogP contribution < -0.4 is 25.0 Å². The highest BCUT2D eigenvalue weighted by molar-refractivity contribution is 7.81. The van der Waals surface area contributed by atoms with Crippen LogP contribution in [0.2, 0.25) is 0 Å². The van der Waals surface area contributed by atoms with Gasteiger partial charge in [-0.15, -0.1) is 0 Å². The van der Waals surface area contributed by atoms with Crippen molar-refractivity contribution in [3.05, 3.63) is 89.0 Å². The number of nitrogens with zero attached hydrogens (tertiary/aromatic N) is 2. The normalized spacial score (nSPS) is 14.7. The van der Waals surface area contributed by atoms with E-state index in [0.717, 1.165) is 11.1 Å². The van der Waals surface area contributed by atoms with E-state index in [4.69, 9.17) is 27.4 Å². The molecule has 1 fully saturated rings. The van der Waals surface area contributed by atoms with Gasteiger partial charge in [0.05, 0.1) is 18.0 Å². The van der Waals surface area contributed by atoms with Crippen LogP contribution in [0.4, 0.5) is 11.4 Å². The highest BCUT2D eigenvalue weighted by atomic mass is 32.1. The fraction of sp³-hybridized carbons (Fsp3) is 0.172. The second kappa shape index (κ2) is 11.3. The number of para-hydroxylation sites is 1. The Morgan fingerprint density at radius 2 is 1.55 bits per heavy atom. The number of thiocarbonyl (C=S) groups is 1. The molecule has 3 aromatic rings. The average molecular weight is 530 g/mol. The summed E-state index contributed by atoms with van der Waals surface area (Å²) in [6.45, 7) is 5.75. The monoisotopic (exact) mass is 529 g/mol. The molecule has 1 aliphatic rings. The van der Waals surface area contributed by atoms with E-state index in [9.17, 15) is 14.4 Å². The average Bonchev–Trinajstić information content (AvgIpc) is 2.89. The van der Waals surface area contributed by atoms with Crippen molar-refractivity contribution in [2.75, 3.05) is 23.0 Å². The van der Waals surface area contributed by atoms with Crippen molar-refractivity contribution in [2.24, 2.45) is 5.73 Å². The van der Waals surface area contributed by atoms with Gasteiger partial charge in [0.15, 0.2) is 23.2 Å². The van der Waals surface area contributed by atoms with Crippen molar-refractivity contribution in [3.8, 4) is 11.5 Å². The van der Waals surface area contributed by atoms with Crippen LogP contribution in [0.3, 0.4) is 0 Å². The number of amides is 3. The summed E-state index contributed by atoms with van der Waals surface area (Å²) in [5.74, 6) is -1.04. The lowest BCUT2D eigenvalue weighted by Crippen LogP contribution is -2.57. The van der Waals surface area contributed by atoms with Gasteiger partial charge in [0.1, 0.15) is 5.57 Å². The van der Waals surface area contributed by atoms with Gasteiger partial charge in [-0.05, 0) is 92.2 Å². The number of hydrogen-bond donors (Lipinski definition) is 1. The van der Waals surface area contributed by atoms with Crippen LogP contribution in [0.15, 0.2) is 72.3 Å². The van der Waals surface area contributed by atoms with Gasteiger partial charge in [0.2, 0.25) is 0 Å². The van der Waals surface area contributed by atoms with Crippen LogP contribution in [0.25, 0.3) is 6.08 Å². The van der Waals surface area contributed by atoms with Gasteiger partial charge in [-0.25, -0.2) is 0 Å². The summed E-state index contributed by atoms with van der Waals surface area (Å²) in [4.78, 5) is 41.4. The van der Waals surface area contributed by atoms with Crippen LogP contribution >= 0.6 is 12.2 Å². The smallest absolute Gasteiger partial charge is 0.270 e. The molecule has 8 nitrogen and oxygen atoms in total. The largest absolute Gasteiger partial charge is 0.490 e. The summed E-state index contributed by atoms with van der Waals surface area (Å²) >= 11 is 5.69. The molecule has 0 radical (unpaired) electrons. The summed E-state index contributed by atoms with van der Waals surface area (Å²) in [6.07, 6.45) is 1.50. The number of aryl methyl sites for hydroxylation is 2. The van der Waals surface area contributed by atoms with E-state index >= 15 is 0 Å². The maximum absolute atomic E-state index is 13.8. The Balaban J connectivity index is 1.82. The molecular formula is C29H27N3O5S. The van der Waals surface area contributed by atoms with E-state index in [0.29, 0.717) is 35.0 Å². The first kappa shape index (κ1) is 26.6. The number of rotatable bonds is 8. The highest BCUT2D eigenvalue weighted by Gasteiger charge is 2.41. The summed E-state index contributed by atoms with van der Waals surface area (Å²) in [6, 6.07) is 19.4. The standard InChI is InChI=1S/C29H27N3O5S/c1-4-36-25-16-20(11-13-24(25)37-17-26(30)33)15-23-27(34)31(21-8-6-5-7-9-21)29(38)32(28(23)35)22-12-10-18(2)19(3)14-22/h5-16H,4,17H2,1-3H3,(H2,30,33)/b23-15+. The number of carbonyl (C=O) groups excluding carboxylic acids is 3. The quantitative estimate of drug-likeness (QED) is 0.265. The second-order valence-electron chi connectivity index (χ2n) is 8.62. The minimum absolute atomic E-state index is 0.0665. The first-order valence-corrected chi connectivity index (χ1v) is 12.4. The minimum Gasteiger partial charge on any atom is -0.490 e. The molecule has 3 aromatic carbocycles. The van der Waals surface area contributed by atoms with Gasteiger partial charge < -0.3 is 15.2 Å². The molecule has 4 rings (SSSR count). The number of hydrogen-bond acceptors (Lipinski definition) is 6. The molecular weight excluding hydrogens is 502 g/mol. The van der Waals surface area contributed by atoms with Gasteiger partial charge in [0, 0.05) is 0 Å². The van der Waals surface area contributed by atoms with Crippen LogP contribution in [0.5, 0.6) is 11.5 Å². The molecule has 0 aromatic heterocycles.